The molecule has 4 nitrogen and oxygen atoms in total. The molecule has 8 heteroatoms. The van der Waals surface area contributed by atoms with Crippen molar-refractivity contribution < 1.29 is 21.6 Å². The van der Waals surface area contributed by atoms with Crippen molar-refractivity contribution in [2.45, 2.75) is 24.0 Å². The minimum Gasteiger partial charge on any atom is -0.265 e. The minimum absolute atomic E-state index is 0.431. The average Bonchev–Trinajstić information content (AvgIpc) is 2.68. The van der Waals surface area contributed by atoms with E-state index in [2.05, 4.69) is 9.71 Å². The second-order valence-corrected chi connectivity index (χ2v) is 7.94. The normalized spacial score (nSPS) is 13.3. The highest BCUT2D eigenvalue weighted by Crippen LogP contribution is 2.31. The molecule has 146 valence electrons. The van der Waals surface area contributed by atoms with E-state index < -0.39 is 32.7 Å². The van der Waals surface area contributed by atoms with Crippen molar-refractivity contribution in [1.82, 2.24) is 9.71 Å². The Bertz CT molecular complexity index is 1070. The molecule has 0 saturated carbocycles. The number of halogens is 3. The van der Waals surface area contributed by atoms with Crippen molar-refractivity contribution in [2.24, 2.45) is 0 Å². The summed E-state index contributed by atoms with van der Waals surface area (Å²) in [5.41, 5.74) is 1.47. The first-order chi connectivity index (χ1) is 13.2. The maximum absolute atomic E-state index is 12.9. The van der Waals surface area contributed by atoms with Crippen molar-refractivity contribution in [3.63, 3.8) is 0 Å². The molecule has 0 aliphatic carbocycles. The Morgan fingerprint density at radius 2 is 1.61 bits per heavy atom. The van der Waals surface area contributed by atoms with E-state index in [-0.39, 0.29) is 0 Å². The van der Waals surface area contributed by atoms with E-state index in [9.17, 15) is 21.6 Å². The molecule has 3 rings (SSSR count). The summed E-state index contributed by atoms with van der Waals surface area (Å²) in [7, 11) is -4.13. The number of pyridine rings is 1. The fourth-order valence-electron chi connectivity index (χ4n) is 2.74. The van der Waals surface area contributed by atoms with Crippen LogP contribution in [0.1, 0.15) is 24.1 Å². The van der Waals surface area contributed by atoms with Gasteiger partial charge in [-0.05, 0) is 60.0 Å². The Morgan fingerprint density at radius 1 is 0.929 bits per heavy atom. The van der Waals surface area contributed by atoms with Crippen LogP contribution in [-0.4, -0.2) is 13.4 Å². The van der Waals surface area contributed by atoms with Gasteiger partial charge in [-0.15, -0.1) is 0 Å². The standard InChI is InChI=1S/C20H17F3N2O2S/c1-14(16-4-2-5-17(12-16)15-8-10-24-11-9-15)25-28(26,27)19-7-3-6-18(13-19)20(21,22)23/h2-14,25H,1H3. The highest BCUT2D eigenvalue weighted by molar-refractivity contribution is 7.89. The Morgan fingerprint density at radius 3 is 2.29 bits per heavy atom. The van der Waals surface area contributed by atoms with Crippen LogP contribution in [0.3, 0.4) is 0 Å². The molecule has 1 N–H and O–H groups in total. The van der Waals surface area contributed by atoms with Gasteiger partial charge < -0.3 is 0 Å². The van der Waals surface area contributed by atoms with E-state index in [0.29, 0.717) is 11.6 Å². The van der Waals surface area contributed by atoms with Gasteiger partial charge in [-0.25, -0.2) is 13.1 Å². The number of hydrogen-bond acceptors (Lipinski definition) is 3. The molecule has 1 atom stereocenters. The van der Waals surface area contributed by atoms with Gasteiger partial charge in [0.1, 0.15) is 0 Å². The fourth-order valence-corrected chi connectivity index (χ4v) is 4.02. The van der Waals surface area contributed by atoms with Gasteiger partial charge in [-0.1, -0.05) is 24.3 Å². The SMILES string of the molecule is CC(NS(=O)(=O)c1cccc(C(F)(F)F)c1)c1cccc(-c2ccncc2)c1. The molecule has 1 aromatic heterocycles. The number of nitrogens with one attached hydrogen (secondary N) is 1. The summed E-state index contributed by atoms with van der Waals surface area (Å²) >= 11 is 0. The van der Waals surface area contributed by atoms with Crippen molar-refractivity contribution in [2.75, 3.05) is 0 Å². The maximum atomic E-state index is 12.9. The molecule has 0 bridgehead atoms. The zero-order valence-electron chi connectivity index (χ0n) is 14.8. The van der Waals surface area contributed by atoms with Gasteiger partial charge in [0.15, 0.2) is 0 Å². The Kier molecular flexibility index (Phi) is 5.53. The van der Waals surface area contributed by atoms with Gasteiger partial charge in [0.25, 0.3) is 0 Å². The van der Waals surface area contributed by atoms with E-state index in [1.807, 2.05) is 24.3 Å². The number of rotatable bonds is 5. The molecule has 28 heavy (non-hydrogen) atoms. The molecule has 3 aromatic rings. The van der Waals surface area contributed by atoms with Crippen LogP contribution in [0.5, 0.6) is 0 Å². The van der Waals surface area contributed by atoms with Crippen LogP contribution in [0.15, 0.2) is 78.0 Å². The quantitative estimate of drug-likeness (QED) is 0.662. The second-order valence-electron chi connectivity index (χ2n) is 6.23. The minimum atomic E-state index is -4.62. The summed E-state index contributed by atoms with van der Waals surface area (Å²) in [4.78, 5) is 3.53. The Hall–Kier alpha value is -2.71. The number of nitrogens with zero attached hydrogens (tertiary/aromatic N) is 1. The summed E-state index contributed by atoms with van der Waals surface area (Å²) in [6.45, 7) is 1.64. The van der Waals surface area contributed by atoms with E-state index in [0.717, 1.165) is 29.3 Å². The predicted octanol–water partition coefficient (Wildman–Crippen LogP) is 4.81. The third-order valence-electron chi connectivity index (χ3n) is 4.20. The first-order valence-electron chi connectivity index (χ1n) is 8.37. The molecular weight excluding hydrogens is 389 g/mol. The highest BCUT2D eigenvalue weighted by Gasteiger charge is 2.32. The van der Waals surface area contributed by atoms with Crippen LogP contribution in [0, 0.1) is 0 Å². The molecule has 0 radical (unpaired) electrons. The first kappa shape index (κ1) is 20.0. The van der Waals surface area contributed by atoms with Gasteiger partial charge in [0, 0.05) is 18.4 Å². The zero-order valence-corrected chi connectivity index (χ0v) is 15.6. The van der Waals surface area contributed by atoms with E-state index in [4.69, 9.17) is 0 Å². The molecule has 0 fully saturated rings. The van der Waals surface area contributed by atoms with Crippen LogP contribution in [0.2, 0.25) is 0 Å². The first-order valence-corrected chi connectivity index (χ1v) is 9.85. The van der Waals surface area contributed by atoms with Crippen molar-refractivity contribution in [3.8, 4) is 11.1 Å². The number of hydrogen-bond donors (Lipinski definition) is 1. The summed E-state index contributed by atoms with van der Waals surface area (Å²) in [5.74, 6) is 0. The number of alkyl halides is 3. The van der Waals surface area contributed by atoms with Crippen LogP contribution in [0.25, 0.3) is 11.1 Å². The summed E-state index contributed by atoms with van der Waals surface area (Å²) in [6, 6.07) is 14.0. The van der Waals surface area contributed by atoms with Gasteiger partial charge in [0.05, 0.1) is 10.5 Å². The fraction of sp³-hybridized carbons (Fsp3) is 0.150. The van der Waals surface area contributed by atoms with Crippen molar-refractivity contribution >= 4 is 10.0 Å². The molecule has 0 amide bonds. The van der Waals surface area contributed by atoms with Gasteiger partial charge in [0.2, 0.25) is 10.0 Å². The number of benzene rings is 2. The lowest BCUT2D eigenvalue weighted by Gasteiger charge is -2.16. The molecule has 1 unspecified atom stereocenters. The molecule has 0 aliphatic heterocycles. The van der Waals surface area contributed by atoms with Gasteiger partial charge >= 0.3 is 6.18 Å². The second kappa shape index (κ2) is 7.73. The molecule has 0 spiro atoms. The monoisotopic (exact) mass is 406 g/mol. The van der Waals surface area contributed by atoms with Crippen molar-refractivity contribution in [1.29, 1.82) is 0 Å². The summed E-state index contributed by atoms with van der Waals surface area (Å²) < 4.78 is 66.2. The van der Waals surface area contributed by atoms with Crippen LogP contribution in [0.4, 0.5) is 13.2 Å². The zero-order chi connectivity index (χ0) is 20.4. The molecule has 0 aliphatic rings. The van der Waals surface area contributed by atoms with E-state index in [1.54, 1.807) is 31.5 Å². The molecule has 2 aromatic carbocycles. The van der Waals surface area contributed by atoms with Gasteiger partial charge in [-0.3, -0.25) is 4.98 Å². The van der Waals surface area contributed by atoms with Crippen LogP contribution < -0.4 is 4.72 Å². The lowest BCUT2D eigenvalue weighted by molar-refractivity contribution is -0.137. The third-order valence-corrected chi connectivity index (χ3v) is 5.74. The average molecular weight is 406 g/mol. The van der Waals surface area contributed by atoms with Crippen molar-refractivity contribution in [3.05, 3.63) is 84.2 Å². The maximum Gasteiger partial charge on any atom is 0.416 e. The third kappa shape index (κ3) is 4.58. The number of aromatic nitrogens is 1. The summed E-state index contributed by atoms with van der Waals surface area (Å²) in [5, 5.41) is 0. The topological polar surface area (TPSA) is 59.1 Å². The largest absolute Gasteiger partial charge is 0.416 e. The predicted molar refractivity (Wildman–Crippen MR) is 99.9 cm³/mol. The summed E-state index contributed by atoms with van der Waals surface area (Å²) in [6.07, 6.45) is -1.31. The molecule has 1 heterocycles. The van der Waals surface area contributed by atoms with Gasteiger partial charge in [-0.2, -0.15) is 13.2 Å². The highest BCUT2D eigenvalue weighted by atomic mass is 32.2. The molecular formula is C20H17F3N2O2S. The van der Waals surface area contributed by atoms with Crippen LogP contribution in [-0.2, 0) is 16.2 Å². The smallest absolute Gasteiger partial charge is 0.265 e. The number of sulfonamides is 1. The van der Waals surface area contributed by atoms with E-state index >= 15 is 0 Å². The Balaban J connectivity index is 1.86. The lowest BCUT2D eigenvalue weighted by atomic mass is 10.0. The lowest BCUT2D eigenvalue weighted by Crippen LogP contribution is -2.27. The molecule has 0 saturated heterocycles. The van der Waals surface area contributed by atoms with Crippen LogP contribution >= 0.6 is 0 Å². The van der Waals surface area contributed by atoms with E-state index in [1.165, 1.54) is 0 Å². The Labute approximate surface area is 161 Å².